The van der Waals surface area contributed by atoms with E-state index in [0.29, 0.717) is 6.04 Å². The average Bonchev–Trinajstić information content (AvgIpc) is 2.26. The van der Waals surface area contributed by atoms with Crippen molar-refractivity contribution in [1.29, 1.82) is 0 Å². The lowest BCUT2D eigenvalue weighted by atomic mass is 10.2. The normalized spacial score (nSPS) is 12.7. The van der Waals surface area contributed by atoms with Gasteiger partial charge in [-0.05, 0) is 40.7 Å². The second-order valence-corrected chi connectivity index (χ2v) is 5.24. The van der Waals surface area contributed by atoms with Gasteiger partial charge in [-0.1, -0.05) is 6.92 Å². The molecule has 1 unspecified atom stereocenters. The summed E-state index contributed by atoms with van der Waals surface area (Å²) in [5, 5.41) is 3.51. The molecule has 1 heterocycles. The smallest absolute Gasteiger partial charge is 0.0542 e. The van der Waals surface area contributed by atoms with Crippen LogP contribution in [0.15, 0.2) is 22.8 Å². The van der Waals surface area contributed by atoms with Crippen molar-refractivity contribution in [2.45, 2.75) is 25.9 Å². The molecule has 0 radical (unpaired) electrons. The molecule has 1 atom stereocenters. The Labute approximate surface area is 104 Å². The first-order chi connectivity index (χ1) is 7.26. The maximum atomic E-state index is 4.33. The largest absolute Gasteiger partial charge is 0.308 e. The van der Waals surface area contributed by atoms with Gasteiger partial charge in [-0.2, -0.15) is 11.8 Å². The number of hydrogen-bond acceptors (Lipinski definition) is 3. The molecule has 15 heavy (non-hydrogen) atoms. The third-order valence-corrected chi connectivity index (χ3v) is 3.43. The predicted molar refractivity (Wildman–Crippen MR) is 71.2 cm³/mol. The van der Waals surface area contributed by atoms with Gasteiger partial charge in [-0.15, -0.1) is 0 Å². The molecule has 1 aromatic heterocycles. The summed E-state index contributed by atoms with van der Waals surface area (Å²) in [6, 6.07) is 4.66. The van der Waals surface area contributed by atoms with Crippen molar-refractivity contribution in [3.63, 3.8) is 0 Å². The average molecular weight is 289 g/mol. The highest BCUT2D eigenvalue weighted by Crippen LogP contribution is 2.08. The minimum atomic E-state index is 0.588. The number of halogens is 1. The Morgan fingerprint density at radius 3 is 2.87 bits per heavy atom. The number of thioether (sulfide) groups is 1. The van der Waals surface area contributed by atoms with E-state index in [0.717, 1.165) is 28.9 Å². The number of pyridine rings is 1. The lowest BCUT2D eigenvalue weighted by molar-refractivity contribution is 0.536. The number of nitrogens with one attached hydrogen (secondary N) is 1. The summed E-state index contributed by atoms with van der Waals surface area (Å²) >= 11 is 5.26. The van der Waals surface area contributed by atoms with E-state index in [4.69, 9.17) is 0 Å². The van der Waals surface area contributed by atoms with Crippen molar-refractivity contribution < 1.29 is 0 Å². The molecule has 0 aliphatic heterocycles. The van der Waals surface area contributed by atoms with Gasteiger partial charge in [0.2, 0.25) is 0 Å². The Hall–Kier alpha value is -0.0600. The van der Waals surface area contributed by atoms with Crippen LogP contribution in [0.5, 0.6) is 0 Å². The van der Waals surface area contributed by atoms with Crippen LogP contribution in [-0.2, 0) is 6.54 Å². The van der Waals surface area contributed by atoms with Crippen molar-refractivity contribution in [1.82, 2.24) is 10.3 Å². The highest BCUT2D eigenvalue weighted by molar-refractivity contribution is 9.10. The number of rotatable bonds is 6. The van der Waals surface area contributed by atoms with E-state index >= 15 is 0 Å². The SMILES string of the molecule is CCC(CSC)NCc1ccc(Br)cn1. The van der Waals surface area contributed by atoms with Crippen LogP contribution in [0, 0.1) is 0 Å². The lowest BCUT2D eigenvalue weighted by Crippen LogP contribution is -2.30. The molecule has 0 bridgehead atoms. The van der Waals surface area contributed by atoms with E-state index in [2.05, 4.69) is 39.4 Å². The predicted octanol–water partition coefficient (Wildman–Crippen LogP) is 3.08. The Balaban J connectivity index is 2.38. The van der Waals surface area contributed by atoms with E-state index < -0.39 is 0 Å². The van der Waals surface area contributed by atoms with Crippen LogP contribution in [-0.4, -0.2) is 23.0 Å². The molecule has 0 saturated carbocycles. The molecule has 1 aromatic rings. The maximum Gasteiger partial charge on any atom is 0.0542 e. The van der Waals surface area contributed by atoms with E-state index in [-0.39, 0.29) is 0 Å². The van der Waals surface area contributed by atoms with Crippen LogP contribution in [0.1, 0.15) is 19.0 Å². The molecule has 0 fully saturated rings. The molecule has 0 aromatic carbocycles. The second kappa shape index (κ2) is 7.25. The zero-order valence-electron chi connectivity index (χ0n) is 9.16. The summed E-state index contributed by atoms with van der Waals surface area (Å²) < 4.78 is 1.03. The molecular formula is C11H17BrN2S. The van der Waals surface area contributed by atoms with Gasteiger partial charge in [0.25, 0.3) is 0 Å². The number of hydrogen-bond donors (Lipinski definition) is 1. The molecule has 1 rings (SSSR count). The topological polar surface area (TPSA) is 24.9 Å². The van der Waals surface area contributed by atoms with Crippen molar-refractivity contribution in [3.8, 4) is 0 Å². The molecule has 0 saturated heterocycles. The fourth-order valence-electron chi connectivity index (χ4n) is 1.28. The Kier molecular flexibility index (Phi) is 6.29. The quantitative estimate of drug-likeness (QED) is 0.871. The Morgan fingerprint density at radius 2 is 2.33 bits per heavy atom. The third-order valence-electron chi connectivity index (χ3n) is 2.22. The van der Waals surface area contributed by atoms with Gasteiger partial charge in [0.15, 0.2) is 0 Å². The highest BCUT2D eigenvalue weighted by Gasteiger charge is 2.04. The van der Waals surface area contributed by atoms with Crippen LogP contribution < -0.4 is 5.32 Å². The molecule has 2 nitrogen and oxygen atoms in total. The minimum Gasteiger partial charge on any atom is -0.308 e. The van der Waals surface area contributed by atoms with Crippen LogP contribution in [0.25, 0.3) is 0 Å². The van der Waals surface area contributed by atoms with E-state index in [9.17, 15) is 0 Å². The molecule has 4 heteroatoms. The first kappa shape index (κ1) is 13.0. The molecule has 0 aliphatic rings. The number of aromatic nitrogens is 1. The fraction of sp³-hybridized carbons (Fsp3) is 0.545. The summed E-state index contributed by atoms with van der Waals surface area (Å²) in [6.07, 6.45) is 5.14. The van der Waals surface area contributed by atoms with Crippen LogP contribution >= 0.6 is 27.7 Å². The van der Waals surface area contributed by atoms with E-state index in [1.807, 2.05) is 30.1 Å². The van der Waals surface area contributed by atoms with Gasteiger partial charge in [-0.25, -0.2) is 0 Å². The molecule has 84 valence electrons. The van der Waals surface area contributed by atoms with Gasteiger partial charge in [0.05, 0.1) is 5.69 Å². The maximum absolute atomic E-state index is 4.33. The van der Waals surface area contributed by atoms with Gasteiger partial charge in [0.1, 0.15) is 0 Å². The zero-order valence-corrected chi connectivity index (χ0v) is 11.6. The first-order valence-corrected chi connectivity index (χ1v) is 7.27. The van der Waals surface area contributed by atoms with Crippen LogP contribution in [0.3, 0.4) is 0 Å². The first-order valence-electron chi connectivity index (χ1n) is 5.09. The Morgan fingerprint density at radius 1 is 1.53 bits per heavy atom. The molecule has 0 aliphatic carbocycles. The van der Waals surface area contributed by atoms with Crippen molar-refractivity contribution >= 4 is 27.7 Å². The van der Waals surface area contributed by atoms with Gasteiger partial charge < -0.3 is 5.32 Å². The van der Waals surface area contributed by atoms with Crippen LogP contribution in [0.4, 0.5) is 0 Å². The third kappa shape index (κ3) is 5.00. The summed E-state index contributed by atoms with van der Waals surface area (Å²) in [6.45, 7) is 3.06. The highest BCUT2D eigenvalue weighted by atomic mass is 79.9. The standard InChI is InChI=1S/C11H17BrN2S/c1-3-10(8-15-2)14-7-11-5-4-9(12)6-13-11/h4-6,10,14H,3,7-8H2,1-2H3. The summed E-state index contributed by atoms with van der Waals surface area (Å²) in [5.41, 5.74) is 1.10. The monoisotopic (exact) mass is 288 g/mol. The summed E-state index contributed by atoms with van der Waals surface area (Å²) in [7, 11) is 0. The Bertz CT molecular complexity index is 276. The van der Waals surface area contributed by atoms with E-state index in [1.165, 1.54) is 0 Å². The van der Waals surface area contributed by atoms with Crippen LogP contribution in [0.2, 0.25) is 0 Å². The molecule has 0 amide bonds. The van der Waals surface area contributed by atoms with Crippen molar-refractivity contribution in [2.75, 3.05) is 12.0 Å². The number of nitrogens with zero attached hydrogens (tertiary/aromatic N) is 1. The van der Waals surface area contributed by atoms with Gasteiger partial charge in [-0.3, -0.25) is 4.98 Å². The summed E-state index contributed by atoms with van der Waals surface area (Å²) in [5.74, 6) is 1.16. The second-order valence-electron chi connectivity index (χ2n) is 3.41. The lowest BCUT2D eigenvalue weighted by Gasteiger charge is -2.15. The van der Waals surface area contributed by atoms with Gasteiger partial charge in [0, 0.05) is 29.0 Å². The minimum absolute atomic E-state index is 0.588. The fourth-order valence-corrected chi connectivity index (χ4v) is 2.27. The van der Waals surface area contributed by atoms with E-state index in [1.54, 1.807) is 0 Å². The van der Waals surface area contributed by atoms with Crippen molar-refractivity contribution in [3.05, 3.63) is 28.5 Å². The summed E-state index contributed by atoms with van der Waals surface area (Å²) in [4.78, 5) is 4.33. The zero-order chi connectivity index (χ0) is 11.1. The van der Waals surface area contributed by atoms with Gasteiger partial charge >= 0.3 is 0 Å². The van der Waals surface area contributed by atoms with Crippen molar-refractivity contribution in [2.24, 2.45) is 0 Å². The molecular weight excluding hydrogens is 272 g/mol. The molecule has 1 N–H and O–H groups in total. The molecule has 0 spiro atoms.